The second-order valence-corrected chi connectivity index (χ2v) is 6.67. The highest BCUT2D eigenvalue weighted by molar-refractivity contribution is 7.26. The van der Waals surface area contributed by atoms with E-state index < -0.39 is 0 Å². The largest absolute Gasteiger partial charge is 0.312 e. The predicted octanol–water partition coefficient (Wildman–Crippen LogP) is 4.41. The van der Waals surface area contributed by atoms with Gasteiger partial charge in [0.1, 0.15) is 0 Å². The molecule has 1 saturated carbocycles. The van der Waals surface area contributed by atoms with Crippen LogP contribution < -0.4 is 5.32 Å². The third-order valence-electron chi connectivity index (χ3n) is 3.65. The molecule has 0 aliphatic heterocycles. The van der Waals surface area contributed by atoms with Crippen LogP contribution in [0.4, 0.5) is 0 Å². The Labute approximate surface area is 104 Å². The minimum absolute atomic E-state index is 0.590. The fraction of sp³-hybridized carbons (Fsp3) is 0.538. The van der Waals surface area contributed by atoms with Crippen LogP contribution in [0.15, 0.2) is 17.5 Å². The van der Waals surface area contributed by atoms with Gasteiger partial charge in [-0.25, -0.2) is 0 Å². The zero-order valence-electron chi connectivity index (χ0n) is 9.53. The molecule has 1 fully saturated rings. The van der Waals surface area contributed by atoms with Gasteiger partial charge in [-0.15, -0.1) is 22.7 Å². The molecule has 1 aliphatic carbocycles. The summed E-state index contributed by atoms with van der Waals surface area (Å²) in [5.74, 6) is 0.859. The van der Waals surface area contributed by atoms with Crippen molar-refractivity contribution in [3.05, 3.63) is 22.4 Å². The van der Waals surface area contributed by atoms with Crippen molar-refractivity contribution in [3.8, 4) is 0 Å². The van der Waals surface area contributed by atoms with E-state index in [0.717, 1.165) is 5.92 Å². The van der Waals surface area contributed by atoms with Crippen molar-refractivity contribution in [2.24, 2.45) is 5.92 Å². The summed E-state index contributed by atoms with van der Waals surface area (Å²) in [5.41, 5.74) is 0. The maximum Gasteiger partial charge on any atom is 0.0454 e. The van der Waals surface area contributed by atoms with Crippen LogP contribution in [0.5, 0.6) is 0 Å². The molecule has 1 nitrogen and oxygen atoms in total. The second-order valence-electron chi connectivity index (χ2n) is 4.61. The topological polar surface area (TPSA) is 12.0 Å². The van der Waals surface area contributed by atoms with Gasteiger partial charge in [-0.2, -0.15) is 0 Å². The molecule has 0 bridgehead atoms. The Balaban J connectivity index is 1.91. The van der Waals surface area contributed by atoms with Crippen LogP contribution in [0, 0.1) is 5.92 Å². The van der Waals surface area contributed by atoms with E-state index >= 15 is 0 Å². The summed E-state index contributed by atoms with van der Waals surface area (Å²) < 4.78 is 2.91. The minimum atomic E-state index is 0.590. The maximum absolute atomic E-state index is 3.53. The van der Waals surface area contributed by atoms with Crippen molar-refractivity contribution in [2.45, 2.75) is 31.7 Å². The number of rotatable bonds is 3. The Bertz CT molecular complexity index is 436. The molecule has 1 aliphatic rings. The quantitative estimate of drug-likeness (QED) is 0.852. The molecule has 1 unspecified atom stereocenters. The van der Waals surface area contributed by atoms with Gasteiger partial charge in [-0.3, -0.25) is 0 Å². The fourth-order valence-electron chi connectivity index (χ4n) is 2.84. The lowest BCUT2D eigenvalue weighted by molar-refractivity contribution is 0.396. The first kappa shape index (κ1) is 10.8. The lowest BCUT2D eigenvalue weighted by Gasteiger charge is -2.21. The molecule has 0 radical (unpaired) electrons. The minimum Gasteiger partial charge on any atom is -0.312 e. The van der Waals surface area contributed by atoms with Gasteiger partial charge in [0.25, 0.3) is 0 Å². The average molecular weight is 251 g/mol. The zero-order chi connectivity index (χ0) is 11.0. The van der Waals surface area contributed by atoms with Crippen LogP contribution >= 0.6 is 22.7 Å². The predicted molar refractivity (Wildman–Crippen MR) is 73.5 cm³/mol. The highest BCUT2D eigenvalue weighted by atomic mass is 32.1. The van der Waals surface area contributed by atoms with Crippen molar-refractivity contribution >= 4 is 32.1 Å². The summed E-state index contributed by atoms with van der Waals surface area (Å²) in [6.07, 6.45) is 5.64. The molecule has 0 aromatic carbocycles. The third kappa shape index (κ3) is 1.81. The van der Waals surface area contributed by atoms with Gasteiger partial charge in [0.05, 0.1) is 0 Å². The van der Waals surface area contributed by atoms with Crippen LogP contribution in [0.25, 0.3) is 9.40 Å². The van der Waals surface area contributed by atoms with Crippen LogP contribution in [0.3, 0.4) is 0 Å². The van der Waals surface area contributed by atoms with E-state index in [9.17, 15) is 0 Å². The van der Waals surface area contributed by atoms with Gasteiger partial charge in [-0.1, -0.05) is 12.8 Å². The zero-order valence-corrected chi connectivity index (χ0v) is 11.2. The molecule has 0 amide bonds. The van der Waals surface area contributed by atoms with Gasteiger partial charge >= 0.3 is 0 Å². The summed E-state index contributed by atoms with van der Waals surface area (Å²) >= 11 is 3.83. The average Bonchev–Trinajstić information content (AvgIpc) is 2.91. The van der Waals surface area contributed by atoms with Gasteiger partial charge in [0, 0.05) is 20.3 Å². The summed E-state index contributed by atoms with van der Waals surface area (Å²) in [6.45, 7) is 0. The lowest BCUT2D eigenvalue weighted by atomic mass is 9.97. The second kappa shape index (κ2) is 4.47. The van der Waals surface area contributed by atoms with E-state index in [2.05, 4.69) is 29.9 Å². The van der Waals surface area contributed by atoms with E-state index in [-0.39, 0.29) is 0 Å². The van der Waals surface area contributed by atoms with Crippen LogP contribution in [0.2, 0.25) is 0 Å². The summed E-state index contributed by atoms with van der Waals surface area (Å²) in [5, 5.41) is 5.72. The molecule has 2 aromatic rings. The van der Waals surface area contributed by atoms with E-state index in [1.54, 1.807) is 0 Å². The fourth-order valence-corrected chi connectivity index (χ4v) is 5.16. The summed E-state index contributed by atoms with van der Waals surface area (Å²) in [4.78, 5) is 1.54. The van der Waals surface area contributed by atoms with E-state index in [4.69, 9.17) is 0 Å². The number of hydrogen-bond donors (Lipinski definition) is 1. The number of hydrogen-bond acceptors (Lipinski definition) is 3. The molecule has 2 aromatic heterocycles. The highest BCUT2D eigenvalue weighted by Gasteiger charge is 2.26. The normalized spacial score (nSPS) is 19.6. The van der Waals surface area contributed by atoms with E-state index in [1.165, 1.54) is 40.0 Å². The molecule has 3 heteroatoms. The Morgan fingerprint density at radius 2 is 2.12 bits per heavy atom. The van der Waals surface area contributed by atoms with E-state index in [0.29, 0.717) is 6.04 Å². The molecule has 2 heterocycles. The molecule has 86 valence electrons. The summed E-state index contributed by atoms with van der Waals surface area (Å²) in [6, 6.07) is 5.23. The van der Waals surface area contributed by atoms with Gasteiger partial charge < -0.3 is 5.32 Å². The molecule has 1 N–H and O–H groups in total. The van der Waals surface area contributed by atoms with Crippen molar-refractivity contribution in [3.63, 3.8) is 0 Å². The Hall–Kier alpha value is -0.380. The number of fused-ring (bicyclic) bond motifs is 1. The van der Waals surface area contributed by atoms with Crippen molar-refractivity contribution in [1.82, 2.24) is 5.32 Å². The van der Waals surface area contributed by atoms with Gasteiger partial charge in [0.15, 0.2) is 0 Å². The number of thiophene rings is 2. The highest BCUT2D eigenvalue weighted by Crippen LogP contribution is 2.40. The van der Waals surface area contributed by atoms with Crippen LogP contribution in [0.1, 0.15) is 36.6 Å². The van der Waals surface area contributed by atoms with E-state index in [1.807, 2.05) is 22.7 Å². The first-order valence-corrected chi connectivity index (χ1v) is 7.72. The molecular weight excluding hydrogens is 234 g/mol. The monoisotopic (exact) mass is 251 g/mol. The molecular formula is C13H17NS2. The maximum atomic E-state index is 3.53. The molecule has 1 atom stereocenters. The summed E-state index contributed by atoms with van der Waals surface area (Å²) in [7, 11) is 2.11. The first-order chi connectivity index (χ1) is 7.88. The third-order valence-corrected chi connectivity index (χ3v) is 5.82. The molecule has 3 rings (SSSR count). The van der Waals surface area contributed by atoms with Crippen LogP contribution in [-0.2, 0) is 0 Å². The van der Waals surface area contributed by atoms with Crippen molar-refractivity contribution in [1.29, 1.82) is 0 Å². The lowest BCUT2D eigenvalue weighted by Crippen LogP contribution is -2.22. The van der Waals surface area contributed by atoms with Gasteiger partial charge in [0.2, 0.25) is 0 Å². The number of nitrogens with one attached hydrogen (secondary N) is 1. The van der Waals surface area contributed by atoms with Crippen molar-refractivity contribution < 1.29 is 0 Å². The SMILES string of the molecule is CNC(c1cc2sccc2s1)C1CCCC1. The molecule has 0 saturated heterocycles. The Morgan fingerprint density at radius 1 is 1.31 bits per heavy atom. The smallest absolute Gasteiger partial charge is 0.0454 e. The molecule has 16 heavy (non-hydrogen) atoms. The molecule has 0 spiro atoms. The Morgan fingerprint density at radius 3 is 2.81 bits per heavy atom. The van der Waals surface area contributed by atoms with Crippen LogP contribution in [-0.4, -0.2) is 7.05 Å². The van der Waals surface area contributed by atoms with Crippen molar-refractivity contribution in [2.75, 3.05) is 7.05 Å². The van der Waals surface area contributed by atoms with Gasteiger partial charge in [-0.05, 0) is 43.3 Å². The Kier molecular flexibility index (Phi) is 3.01. The standard InChI is InChI=1S/C13H17NS2/c1-14-13(9-4-2-3-5-9)12-8-11-10(16-12)6-7-15-11/h6-9,13-14H,2-5H2,1H3. The first-order valence-electron chi connectivity index (χ1n) is 6.02.